The van der Waals surface area contributed by atoms with Crippen LogP contribution in [0.25, 0.3) is 33.1 Å². The molecule has 0 amide bonds. The smallest absolute Gasteiger partial charge is 0.102 e. The molecule has 0 atom stereocenters. The number of aromatic amines is 1. The van der Waals surface area contributed by atoms with Crippen LogP contribution in [0.2, 0.25) is 0 Å². The molecule has 0 unspecified atom stereocenters. The number of nitrogens with two attached hydrogens (primary N) is 1. The van der Waals surface area contributed by atoms with Crippen molar-refractivity contribution in [2.24, 2.45) is 7.05 Å². The van der Waals surface area contributed by atoms with Crippen molar-refractivity contribution in [1.82, 2.24) is 14.8 Å². The van der Waals surface area contributed by atoms with E-state index in [0.717, 1.165) is 22.3 Å². The molecule has 0 radical (unpaired) electrons. The van der Waals surface area contributed by atoms with Gasteiger partial charge in [0.05, 0.1) is 5.52 Å². The van der Waals surface area contributed by atoms with Crippen molar-refractivity contribution in [3.8, 4) is 11.3 Å². The molecule has 4 aromatic rings. The highest BCUT2D eigenvalue weighted by atomic mass is 15.1. The third-order valence-electron chi connectivity index (χ3n) is 4.22. The molecular weight excluding hydrogens is 260 g/mol. The van der Waals surface area contributed by atoms with Crippen LogP contribution in [0.4, 0.5) is 5.69 Å². The molecule has 3 N–H and O–H groups in total. The maximum Gasteiger partial charge on any atom is 0.102 e. The largest absolute Gasteiger partial charge is 0.399 e. The second kappa shape index (κ2) is 4.12. The van der Waals surface area contributed by atoms with Crippen LogP contribution >= 0.6 is 0 Å². The zero-order valence-corrected chi connectivity index (χ0v) is 12.0. The second-order valence-electron chi connectivity index (χ2n) is 5.41. The van der Waals surface area contributed by atoms with Crippen molar-refractivity contribution in [2.75, 3.05) is 5.73 Å². The average Bonchev–Trinajstić information content (AvgIpc) is 3.00. The molecular formula is C17H16N4. The highest BCUT2D eigenvalue weighted by Gasteiger charge is 2.17. The summed E-state index contributed by atoms with van der Waals surface area (Å²) < 4.78 is 2.21. The molecule has 2 aromatic heterocycles. The Kier molecular flexibility index (Phi) is 2.36. The summed E-state index contributed by atoms with van der Waals surface area (Å²) in [5.74, 6) is 0. The minimum absolute atomic E-state index is 0.753. The number of aromatic nitrogens is 3. The number of nitrogens with zero attached hydrogens (tertiary/aromatic N) is 2. The fraction of sp³-hybridized carbons (Fsp3) is 0.118. The summed E-state index contributed by atoms with van der Waals surface area (Å²) in [6, 6.07) is 14.2. The molecule has 0 saturated carbocycles. The van der Waals surface area contributed by atoms with Crippen molar-refractivity contribution in [3.63, 3.8) is 0 Å². The number of H-pyrrole nitrogens is 1. The second-order valence-corrected chi connectivity index (χ2v) is 5.41. The molecule has 0 saturated heterocycles. The van der Waals surface area contributed by atoms with Gasteiger partial charge in [-0.05, 0) is 31.2 Å². The molecule has 0 spiro atoms. The summed E-state index contributed by atoms with van der Waals surface area (Å²) in [7, 11) is 2.09. The molecule has 2 aromatic carbocycles. The number of hydrogen-bond donors (Lipinski definition) is 2. The SMILES string of the molecule is Cc1c(-c2n[nH]c3ccc(N)cc23)c2ccccc2n1C. The summed E-state index contributed by atoms with van der Waals surface area (Å²) in [6.45, 7) is 2.13. The van der Waals surface area contributed by atoms with Crippen molar-refractivity contribution < 1.29 is 0 Å². The minimum atomic E-state index is 0.753. The Balaban J connectivity index is 2.14. The maximum atomic E-state index is 5.94. The van der Waals surface area contributed by atoms with E-state index in [-0.39, 0.29) is 0 Å². The Morgan fingerprint density at radius 1 is 1.10 bits per heavy atom. The summed E-state index contributed by atoms with van der Waals surface area (Å²) in [5, 5.41) is 9.92. The topological polar surface area (TPSA) is 59.6 Å². The van der Waals surface area contributed by atoms with Gasteiger partial charge in [0.1, 0.15) is 5.69 Å². The number of benzene rings is 2. The van der Waals surface area contributed by atoms with Gasteiger partial charge in [-0.25, -0.2) is 0 Å². The number of anilines is 1. The van der Waals surface area contributed by atoms with Crippen molar-refractivity contribution >= 4 is 27.5 Å². The molecule has 0 fully saturated rings. The van der Waals surface area contributed by atoms with Gasteiger partial charge in [-0.3, -0.25) is 5.10 Å². The average molecular weight is 276 g/mol. The van der Waals surface area contributed by atoms with Crippen LogP contribution in [0.5, 0.6) is 0 Å². The zero-order valence-electron chi connectivity index (χ0n) is 12.0. The van der Waals surface area contributed by atoms with E-state index in [2.05, 4.69) is 53.0 Å². The van der Waals surface area contributed by atoms with Gasteiger partial charge in [-0.2, -0.15) is 5.10 Å². The molecule has 0 bridgehead atoms. The van der Waals surface area contributed by atoms with E-state index < -0.39 is 0 Å². The first kappa shape index (κ1) is 12.0. The van der Waals surface area contributed by atoms with Gasteiger partial charge in [0.2, 0.25) is 0 Å². The first-order chi connectivity index (χ1) is 10.2. The molecule has 4 nitrogen and oxygen atoms in total. The van der Waals surface area contributed by atoms with Crippen LogP contribution in [0.1, 0.15) is 5.69 Å². The van der Waals surface area contributed by atoms with Gasteiger partial charge < -0.3 is 10.3 Å². The van der Waals surface area contributed by atoms with E-state index in [1.54, 1.807) is 0 Å². The third-order valence-corrected chi connectivity index (χ3v) is 4.22. The molecule has 4 heteroatoms. The fourth-order valence-corrected chi connectivity index (χ4v) is 3.04. The molecule has 2 heterocycles. The van der Waals surface area contributed by atoms with Crippen LogP contribution in [-0.4, -0.2) is 14.8 Å². The van der Waals surface area contributed by atoms with Crippen molar-refractivity contribution in [3.05, 3.63) is 48.2 Å². The number of rotatable bonds is 1. The Hall–Kier alpha value is -2.75. The van der Waals surface area contributed by atoms with E-state index in [0.29, 0.717) is 0 Å². The lowest BCUT2D eigenvalue weighted by Gasteiger charge is -2.01. The zero-order chi connectivity index (χ0) is 14.6. The van der Waals surface area contributed by atoms with E-state index in [1.165, 1.54) is 22.2 Å². The van der Waals surface area contributed by atoms with Gasteiger partial charge >= 0.3 is 0 Å². The molecule has 0 aliphatic heterocycles. The van der Waals surface area contributed by atoms with Crippen molar-refractivity contribution in [1.29, 1.82) is 0 Å². The highest BCUT2D eigenvalue weighted by Crippen LogP contribution is 2.36. The third kappa shape index (κ3) is 1.59. The van der Waals surface area contributed by atoms with E-state index in [4.69, 9.17) is 5.73 Å². The van der Waals surface area contributed by atoms with Gasteiger partial charge in [0.15, 0.2) is 0 Å². The number of hydrogen-bond acceptors (Lipinski definition) is 2. The maximum absolute atomic E-state index is 5.94. The Labute approximate surface area is 122 Å². The summed E-state index contributed by atoms with van der Waals surface area (Å²) >= 11 is 0. The lowest BCUT2D eigenvalue weighted by atomic mass is 10.0. The number of nitrogens with one attached hydrogen (secondary N) is 1. The first-order valence-electron chi connectivity index (χ1n) is 6.95. The van der Waals surface area contributed by atoms with E-state index in [1.807, 2.05) is 18.2 Å². The van der Waals surface area contributed by atoms with Gasteiger partial charge in [-0.1, -0.05) is 18.2 Å². The van der Waals surface area contributed by atoms with Gasteiger partial charge in [-0.15, -0.1) is 0 Å². The first-order valence-corrected chi connectivity index (χ1v) is 6.95. The number of nitrogen functional groups attached to an aromatic ring is 1. The summed E-state index contributed by atoms with van der Waals surface area (Å²) in [6.07, 6.45) is 0. The highest BCUT2D eigenvalue weighted by molar-refractivity contribution is 6.05. The number of para-hydroxylation sites is 1. The van der Waals surface area contributed by atoms with Crippen LogP contribution < -0.4 is 5.73 Å². The molecule has 104 valence electrons. The normalized spacial score (nSPS) is 11.5. The Bertz CT molecular complexity index is 975. The van der Waals surface area contributed by atoms with Crippen LogP contribution in [0.15, 0.2) is 42.5 Å². The van der Waals surface area contributed by atoms with Crippen molar-refractivity contribution in [2.45, 2.75) is 6.92 Å². The predicted molar refractivity (Wildman–Crippen MR) is 87.2 cm³/mol. The lowest BCUT2D eigenvalue weighted by molar-refractivity contribution is 0.918. The minimum Gasteiger partial charge on any atom is -0.399 e. The summed E-state index contributed by atoms with van der Waals surface area (Å²) in [4.78, 5) is 0. The van der Waals surface area contributed by atoms with Crippen LogP contribution in [0.3, 0.4) is 0 Å². The van der Waals surface area contributed by atoms with Crippen LogP contribution in [-0.2, 0) is 7.05 Å². The fourth-order valence-electron chi connectivity index (χ4n) is 3.04. The predicted octanol–water partition coefficient (Wildman–Crippen LogP) is 3.61. The number of fused-ring (bicyclic) bond motifs is 2. The van der Waals surface area contributed by atoms with Gasteiger partial charge in [0.25, 0.3) is 0 Å². The molecule has 21 heavy (non-hydrogen) atoms. The van der Waals surface area contributed by atoms with Crippen LogP contribution in [0, 0.1) is 6.92 Å². The van der Waals surface area contributed by atoms with E-state index >= 15 is 0 Å². The summed E-state index contributed by atoms with van der Waals surface area (Å²) in [5.41, 5.74) is 12.2. The monoisotopic (exact) mass is 276 g/mol. The lowest BCUT2D eigenvalue weighted by Crippen LogP contribution is -1.90. The standard InChI is InChI=1S/C17H16N4/c1-10-16(12-5-3-4-6-15(12)21(10)2)17-13-9-11(18)7-8-14(13)19-20-17/h3-9H,18H2,1-2H3,(H,19,20). The Morgan fingerprint density at radius 3 is 2.76 bits per heavy atom. The quantitative estimate of drug-likeness (QED) is 0.522. The van der Waals surface area contributed by atoms with Gasteiger partial charge in [0, 0.05) is 40.3 Å². The number of aryl methyl sites for hydroxylation is 1. The Morgan fingerprint density at radius 2 is 1.90 bits per heavy atom. The molecule has 0 aliphatic carbocycles. The molecule has 0 aliphatic rings. The van der Waals surface area contributed by atoms with E-state index in [9.17, 15) is 0 Å². The molecule has 4 rings (SSSR count).